The molecule has 1 aromatic carbocycles. The van der Waals surface area contributed by atoms with E-state index in [1.54, 1.807) is 0 Å². The fourth-order valence-corrected chi connectivity index (χ4v) is 4.71. The minimum atomic E-state index is -0.811. The number of hydrogen-bond acceptors (Lipinski definition) is 4. The third kappa shape index (κ3) is 5.79. The molecular formula is C22H30N2O5. The summed E-state index contributed by atoms with van der Waals surface area (Å²) in [6.45, 7) is 2.54. The van der Waals surface area contributed by atoms with Crippen LogP contribution >= 0.6 is 0 Å². The van der Waals surface area contributed by atoms with Crippen LogP contribution in [0.2, 0.25) is 0 Å². The first-order valence-electron chi connectivity index (χ1n) is 10.4. The van der Waals surface area contributed by atoms with Crippen molar-refractivity contribution in [3.63, 3.8) is 0 Å². The van der Waals surface area contributed by atoms with Crippen molar-refractivity contribution in [2.24, 2.45) is 11.8 Å². The topological polar surface area (TPSA) is 98.2 Å². The Morgan fingerprint density at radius 2 is 1.76 bits per heavy atom. The Balaban J connectivity index is 1.61. The fraction of sp³-hybridized carbons (Fsp3) is 0.591. The van der Waals surface area contributed by atoms with E-state index in [0.717, 1.165) is 24.9 Å². The van der Waals surface area contributed by atoms with Crippen molar-refractivity contribution in [2.45, 2.75) is 44.6 Å². The Labute approximate surface area is 171 Å². The van der Waals surface area contributed by atoms with Crippen molar-refractivity contribution in [3.05, 3.63) is 35.9 Å². The molecule has 7 nitrogen and oxygen atoms in total. The first-order chi connectivity index (χ1) is 13.9. The molecule has 3 atom stereocenters. The highest BCUT2D eigenvalue weighted by Crippen LogP contribution is 2.31. The Bertz CT molecular complexity index is 723. The third-order valence-electron chi connectivity index (χ3n) is 6.31. The van der Waals surface area contributed by atoms with Gasteiger partial charge in [-0.3, -0.25) is 19.3 Å². The van der Waals surface area contributed by atoms with Gasteiger partial charge < -0.3 is 15.1 Å². The van der Waals surface area contributed by atoms with Gasteiger partial charge in [0.2, 0.25) is 5.91 Å². The molecule has 3 rings (SSSR count). The van der Waals surface area contributed by atoms with E-state index < -0.39 is 18.0 Å². The maximum atomic E-state index is 12.8. The van der Waals surface area contributed by atoms with Gasteiger partial charge in [-0.05, 0) is 56.2 Å². The predicted molar refractivity (Wildman–Crippen MR) is 107 cm³/mol. The lowest BCUT2D eigenvalue weighted by atomic mass is 9.81. The summed E-state index contributed by atoms with van der Waals surface area (Å²) in [5.41, 5.74) is 0.975. The Kier molecular flexibility index (Phi) is 7.25. The predicted octanol–water partition coefficient (Wildman–Crippen LogP) is 2.11. The van der Waals surface area contributed by atoms with Crippen molar-refractivity contribution in [3.8, 4) is 0 Å². The number of likely N-dealkylation sites (tertiary alicyclic amines) is 2. The summed E-state index contributed by atoms with van der Waals surface area (Å²) in [4.78, 5) is 39.3. The molecule has 0 unspecified atom stereocenters. The number of amides is 1. The summed E-state index contributed by atoms with van der Waals surface area (Å²) in [5.74, 6) is -1.42. The number of carbonyl (C=O) groups is 3. The molecule has 2 fully saturated rings. The van der Waals surface area contributed by atoms with E-state index in [1.807, 2.05) is 40.1 Å². The van der Waals surface area contributed by atoms with Crippen LogP contribution in [0.25, 0.3) is 0 Å². The van der Waals surface area contributed by atoms with Crippen LogP contribution in [0.4, 0.5) is 0 Å². The van der Waals surface area contributed by atoms with Gasteiger partial charge in [0, 0.05) is 19.5 Å². The minimum Gasteiger partial charge on any atom is -0.481 e. The van der Waals surface area contributed by atoms with E-state index in [4.69, 9.17) is 0 Å². The van der Waals surface area contributed by atoms with Gasteiger partial charge in [0.15, 0.2) is 0 Å². The highest BCUT2D eigenvalue weighted by atomic mass is 16.4. The second-order valence-electron chi connectivity index (χ2n) is 8.23. The average molecular weight is 402 g/mol. The molecule has 29 heavy (non-hydrogen) atoms. The smallest absolute Gasteiger partial charge is 0.320 e. The molecule has 2 heterocycles. The van der Waals surface area contributed by atoms with Gasteiger partial charge in [-0.25, -0.2) is 0 Å². The molecule has 7 heteroatoms. The van der Waals surface area contributed by atoms with E-state index in [-0.39, 0.29) is 24.2 Å². The van der Waals surface area contributed by atoms with E-state index >= 15 is 0 Å². The van der Waals surface area contributed by atoms with Crippen LogP contribution in [-0.2, 0) is 20.8 Å². The van der Waals surface area contributed by atoms with Crippen LogP contribution in [0.1, 0.15) is 37.7 Å². The second-order valence-corrected chi connectivity index (χ2v) is 8.23. The normalized spacial score (nSPS) is 25.1. The molecular weight excluding hydrogens is 372 g/mol. The fourth-order valence-electron chi connectivity index (χ4n) is 4.71. The monoisotopic (exact) mass is 402 g/mol. The Hall–Kier alpha value is -2.41. The summed E-state index contributed by atoms with van der Waals surface area (Å²) < 4.78 is 0. The first kappa shape index (κ1) is 21.3. The summed E-state index contributed by atoms with van der Waals surface area (Å²) in [6.07, 6.45) is 3.40. The molecule has 0 bridgehead atoms. The molecule has 2 saturated heterocycles. The zero-order chi connectivity index (χ0) is 20.8. The van der Waals surface area contributed by atoms with Gasteiger partial charge >= 0.3 is 11.9 Å². The number of aliphatic carboxylic acids is 2. The summed E-state index contributed by atoms with van der Waals surface area (Å²) in [7, 11) is 0. The van der Waals surface area contributed by atoms with Crippen molar-refractivity contribution >= 4 is 17.8 Å². The van der Waals surface area contributed by atoms with E-state index in [9.17, 15) is 24.6 Å². The first-order valence-corrected chi connectivity index (χ1v) is 10.4. The van der Waals surface area contributed by atoms with Gasteiger partial charge in [0.25, 0.3) is 0 Å². The molecule has 158 valence electrons. The lowest BCUT2D eigenvalue weighted by Crippen LogP contribution is -2.46. The third-order valence-corrected chi connectivity index (χ3v) is 6.31. The SMILES string of the molecule is O=C(O)C[C@@H]1CCN(C(=O)Cc2ccccc2)C[C@@H]1CCN1CCC[C@H]1C(=O)O. The van der Waals surface area contributed by atoms with E-state index in [1.165, 1.54) is 0 Å². The van der Waals surface area contributed by atoms with E-state index in [2.05, 4.69) is 0 Å². The molecule has 0 aliphatic carbocycles. The highest BCUT2D eigenvalue weighted by molar-refractivity contribution is 5.79. The van der Waals surface area contributed by atoms with Gasteiger partial charge in [-0.1, -0.05) is 30.3 Å². The van der Waals surface area contributed by atoms with Crippen LogP contribution in [0, 0.1) is 11.8 Å². The number of carbonyl (C=O) groups excluding carboxylic acids is 1. The maximum absolute atomic E-state index is 12.8. The molecule has 0 radical (unpaired) electrons. The van der Waals surface area contributed by atoms with Gasteiger partial charge in [-0.15, -0.1) is 0 Å². The van der Waals surface area contributed by atoms with Crippen molar-refractivity contribution in [1.82, 2.24) is 9.80 Å². The van der Waals surface area contributed by atoms with Crippen LogP contribution in [0.15, 0.2) is 30.3 Å². The van der Waals surface area contributed by atoms with Crippen molar-refractivity contribution in [1.29, 1.82) is 0 Å². The van der Waals surface area contributed by atoms with Crippen LogP contribution in [-0.4, -0.2) is 70.1 Å². The van der Waals surface area contributed by atoms with Crippen LogP contribution in [0.3, 0.4) is 0 Å². The van der Waals surface area contributed by atoms with Gasteiger partial charge in [0.1, 0.15) is 6.04 Å². The Morgan fingerprint density at radius 3 is 2.45 bits per heavy atom. The standard InChI is InChI=1S/C22H30N2O5/c25-20(13-16-5-2-1-3-6-16)24-12-8-17(14-21(26)27)18(15-24)9-11-23-10-4-7-19(23)22(28)29/h1-3,5-6,17-19H,4,7-15H2,(H,26,27)(H,28,29)/t17-,18-,19-/m0/s1. The number of nitrogens with zero attached hydrogens (tertiary/aromatic N) is 2. The highest BCUT2D eigenvalue weighted by Gasteiger charge is 2.35. The molecule has 1 amide bonds. The number of carboxylic acid groups (broad SMARTS) is 2. The largest absolute Gasteiger partial charge is 0.481 e. The zero-order valence-electron chi connectivity index (χ0n) is 16.7. The molecule has 2 aliphatic rings. The lowest BCUT2D eigenvalue weighted by Gasteiger charge is -2.39. The van der Waals surface area contributed by atoms with Crippen LogP contribution < -0.4 is 0 Å². The van der Waals surface area contributed by atoms with Gasteiger partial charge in [-0.2, -0.15) is 0 Å². The molecule has 2 aliphatic heterocycles. The number of benzene rings is 1. The minimum absolute atomic E-state index is 0.0270. The Morgan fingerprint density at radius 1 is 1.00 bits per heavy atom. The lowest BCUT2D eigenvalue weighted by molar-refractivity contribution is -0.142. The maximum Gasteiger partial charge on any atom is 0.320 e. The second kappa shape index (κ2) is 9.87. The number of piperidine rings is 1. The molecule has 0 saturated carbocycles. The van der Waals surface area contributed by atoms with Crippen LogP contribution in [0.5, 0.6) is 0 Å². The summed E-state index contributed by atoms with van der Waals surface area (Å²) in [5, 5.41) is 18.7. The van der Waals surface area contributed by atoms with Crippen molar-refractivity contribution < 1.29 is 24.6 Å². The van der Waals surface area contributed by atoms with E-state index in [0.29, 0.717) is 38.9 Å². The zero-order valence-corrected chi connectivity index (χ0v) is 16.7. The quantitative estimate of drug-likeness (QED) is 0.691. The van der Waals surface area contributed by atoms with Crippen molar-refractivity contribution in [2.75, 3.05) is 26.2 Å². The summed E-state index contributed by atoms with van der Waals surface area (Å²) in [6, 6.07) is 9.19. The molecule has 1 aromatic rings. The number of carboxylic acids is 2. The molecule has 0 aromatic heterocycles. The summed E-state index contributed by atoms with van der Waals surface area (Å²) >= 11 is 0. The number of rotatable bonds is 8. The average Bonchev–Trinajstić information content (AvgIpc) is 3.16. The van der Waals surface area contributed by atoms with Gasteiger partial charge in [0.05, 0.1) is 6.42 Å². The molecule has 0 spiro atoms. The number of hydrogen-bond donors (Lipinski definition) is 2. The molecule has 2 N–H and O–H groups in total.